The van der Waals surface area contributed by atoms with Gasteiger partial charge < -0.3 is 29.5 Å². The van der Waals surface area contributed by atoms with Gasteiger partial charge in [-0.15, -0.1) is 10.1 Å². The molecule has 0 amide bonds. The molecule has 0 spiro atoms. The number of ether oxygens (including phenoxy) is 3. The van der Waals surface area contributed by atoms with Crippen LogP contribution in [0.25, 0.3) is 0 Å². The maximum absolute atomic E-state index is 14.0. The van der Waals surface area contributed by atoms with Crippen LogP contribution >= 0.6 is 0 Å². The fraction of sp³-hybridized carbons (Fsp3) is 0.455. The molecule has 0 saturated carbocycles. The lowest BCUT2D eigenvalue weighted by Gasteiger charge is -2.34. The number of allylic oxidation sites excluding steroid dienone is 2. The van der Waals surface area contributed by atoms with E-state index in [0.29, 0.717) is 5.70 Å². The molecule has 3 aliphatic rings. The Bertz CT molecular complexity index is 1210. The van der Waals surface area contributed by atoms with Crippen LogP contribution in [0.4, 0.5) is 5.69 Å². The van der Waals surface area contributed by atoms with E-state index in [1.165, 1.54) is 31.2 Å². The van der Waals surface area contributed by atoms with E-state index in [1.807, 2.05) is 0 Å². The van der Waals surface area contributed by atoms with Crippen LogP contribution in [-0.4, -0.2) is 71.1 Å². The Morgan fingerprint density at radius 3 is 2.44 bits per heavy atom. The molecule has 1 aromatic carbocycles. The molecule has 0 bridgehead atoms. The van der Waals surface area contributed by atoms with Gasteiger partial charge in [-0.1, -0.05) is 18.2 Å². The predicted octanol–water partition coefficient (Wildman–Crippen LogP) is 0.677. The maximum Gasteiger partial charge on any atom is 0.336 e. The fourth-order valence-corrected chi connectivity index (χ4v) is 5.01. The van der Waals surface area contributed by atoms with Crippen molar-refractivity contribution in [1.82, 2.24) is 5.32 Å². The van der Waals surface area contributed by atoms with Gasteiger partial charge in [0.25, 0.3) is 10.8 Å². The van der Waals surface area contributed by atoms with E-state index in [-0.39, 0.29) is 34.7 Å². The van der Waals surface area contributed by atoms with Crippen LogP contribution in [-0.2, 0) is 28.6 Å². The fourth-order valence-electron chi connectivity index (χ4n) is 5.01. The molecule has 5 atom stereocenters. The molecule has 4 rings (SSSR count). The number of Topliss-reactive ketones (excluding diaryl/α,β-unsaturated/α-hetero) is 1. The van der Waals surface area contributed by atoms with Crippen LogP contribution in [0, 0.1) is 20.2 Å². The van der Waals surface area contributed by atoms with Crippen LogP contribution < -0.4 is 5.32 Å². The SMILES string of the molecule is COC(=O)C1=C(C)NC(C)=C(C(=O)[C@]2(O)CO[C@@H]3[C@H](O[N+](=O)[O-])CO[C@@H]32)C1c1ccccc1[N+](=O)[O-]. The first-order valence-corrected chi connectivity index (χ1v) is 10.8. The summed E-state index contributed by atoms with van der Waals surface area (Å²) in [6.45, 7) is 2.21. The number of nitro groups is 1. The van der Waals surface area contributed by atoms with Crippen LogP contribution in [0.1, 0.15) is 25.3 Å². The third-order valence-electron chi connectivity index (χ3n) is 6.54. The summed E-state index contributed by atoms with van der Waals surface area (Å²) in [5, 5.41) is 36.0. The number of methoxy groups -OCH3 is 1. The number of nitrogens with zero attached hydrogens (tertiary/aromatic N) is 2. The van der Waals surface area contributed by atoms with Gasteiger partial charge in [0.1, 0.15) is 12.2 Å². The molecular weight excluding hydrogens is 482 g/mol. The highest BCUT2D eigenvalue weighted by atomic mass is 17.0. The average Bonchev–Trinajstić information content (AvgIpc) is 3.39. The zero-order valence-electron chi connectivity index (χ0n) is 19.5. The molecule has 36 heavy (non-hydrogen) atoms. The van der Waals surface area contributed by atoms with Crippen molar-refractivity contribution in [2.24, 2.45) is 0 Å². The van der Waals surface area contributed by atoms with E-state index in [0.717, 1.165) is 7.11 Å². The minimum atomic E-state index is -2.31. The van der Waals surface area contributed by atoms with Crippen LogP contribution in [0.15, 0.2) is 46.8 Å². The van der Waals surface area contributed by atoms with Crippen LogP contribution in [0.3, 0.4) is 0 Å². The van der Waals surface area contributed by atoms with Crippen molar-refractivity contribution in [3.8, 4) is 0 Å². The molecule has 2 N–H and O–H groups in total. The summed E-state index contributed by atoms with van der Waals surface area (Å²) in [5.74, 6) is -3.02. The van der Waals surface area contributed by atoms with Crippen molar-refractivity contribution in [3.63, 3.8) is 0 Å². The Labute approximate surface area is 203 Å². The second-order valence-corrected chi connectivity index (χ2v) is 8.59. The van der Waals surface area contributed by atoms with Gasteiger partial charge in [0.05, 0.1) is 36.7 Å². The average molecular weight is 505 g/mol. The van der Waals surface area contributed by atoms with Crippen molar-refractivity contribution in [2.75, 3.05) is 20.3 Å². The summed E-state index contributed by atoms with van der Waals surface area (Å²) in [4.78, 5) is 53.4. The van der Waals surface area contributed by atoms with Crippen molar-refractivity contribution in [1.29, 1.82) is 0 Å². The summed E-state index contributed by atoms with van der Waals surface area (Å²) >= 11 is 0. The van der Waals surface area contributed by atoms with E-state index in [2.05, 4.69) is 10.2 Å². The molecule has 2 saturated heterocycles. The number of para-hydroxylation sites is 1. The van der Waals surface area contributed by atoms with E-state index in [1.54, 1.807) is 6.92 Å². The monoisotopic (exact) mass is 505 g/mol. The predicted molar refractivity (Wildman–Crippen MR) is 118 cm³/mol. The van der Waals surface area contributed by atoms with Gasteiger partial charge in [-0.3, -0.25) is 14.9 Å². The highest BCUT2D eigenvalue weighted by Crippen LogP contribution is 2.46. The molecule has 1 aromatic rings. The number of nitrogens with one attached hydrogen (secondary N) is 1. The number of carbonyl (C=O) groups is 2. The minimum Gasteiger partial charge on any atom is -0.466 e. The van der Waals surface area contributed by atoms with Crippen LogP contribution in [0.2, 0.25) is 0 Å². The number of nitro benzene ring substituents is 1. The van der Waals surface area contributed by atoms with Crippen molar-refractivity contribution >= 4 is 17.4 Å². The first kappa shape index (κ1) is 25.2. The quantitative estimate of drug-likeness (QED) is 0.300. The van der Waals surface area contributed by atoms with Gasteiger partial charge >= 0.3 is 5.97 Å². The molecule has 14 heteroatoms. The van der Waals surface area contributed by atoms with Gasteiger partial charge in [-0.05, 0) is 13.8 Å². The highest BCUT2D eigenvalue weighted by molar-refractivity contribution is 6.08. The lowest BCUT2D eigenvalue weighted by atomic mass is 9.74. The molecule has 192 valence electrons. The lowest BCUT2D eigenvalue weighted by Crippen LogP contribution is -2.53. The Morgan fingerprint density at radius 2 is 1.81 bits per heavy atom. The van der Waals surface area contributed by atoms with E-state index in [9.17, 15) is 34.9 Å². The molecule has 3 heterocycles. The number of fused-ring (bicyclic) bond motifs is 1. The number of ketones is 1. The van der Waals surface area contributed by atoms with Gasteiger partial charge in [0.15, 0.2) is 17.5 Å². The Balaban J connectivity index is 1.82. The minimum absolute atomic E-state index is 0.0346. The third-order valence-corrected chi connectivity index (χ3v) is 6.54. The Hall–Kier alpha value is -3.88. The standard InChI is InChI=1S/C22H23N3O11/c1-10-15(19(26)22(28)9-35-18-14(36-25(31)32)8-34-20(18)22)17(16(11(2)23-10)21(27)33-3)12-6-4-5-7-13(12)24(29)30/h4-7,14,17-18,20,23,28H,8-9H2,1-3H3/t14-,17?,18-,20+,22-/m1/s1. The first-order valence-electron chi connectivity index (χ1n) is 10.8. The molecular formula is C22H23N3O11. The van der Waals surface area contributed by atoms with E-state index >= 15 is 0 Å². The van der Waals surface area contributed by atoms with Gasteiger partial charge in [0, 0.05) is 28.6 Å². The van der Waals surface area contributed by atoms with Gasteiger partial charge in [0.2, 0.25) is 0 Å². The molecule has 1 unspecified atom stereocenters. The summed E-state index contributed by atoms with van der Waals surface area (Å²) in [6, 6.07) is 5.62. The number of hydrogen-bond donors (Lipinski definition) is 2. The second-order valence-electron chi connectivity index (χ2n) is 8.59. The van der Waals surface area contributed by atoms with E-state index in [4.69, 9.17) is 14.2 Å². The molecule has 3 aliphatic heterocycles. The van der Waals surface area contributed by atoms with Gasteiger partial charge in [-0.25, -0.2) is 4.79 Å². The molecule has 0 aromatic heterocycles. The number of dihydropyridines is 1. The number of hydrogen-bond acceptors (Lipinski definition) is 12. The van der Waals surface area contributed by atoms with Crippen molar-refractivity contribution < 1.29 is 43.8 Å². The highest BCUT2D eigenvalue weighted by Gasteiger charge is 2.62. The number of esters is 1. The smallest absolute Gasteiger partial charge is 0.336 e. The van der Waals surface area contributed by atoms with Crippen molar-refractivity contribution in [3.05, 3.63) is 72.6 Å². The molecule has 14 nitrogen and oxygen atoms in total. The molecule has 0 aliphatic carbocycles. The van der Waals surface area contributed by atoms with Gasteiger partial charge in [-0.2, -0.15) is 0 Å². The Morgan fingerprint density at radius 1 is 1.14 bits per heavy atom. The summed E-state index contributed by atoms with van der Waals surface area (Å²) in [5.41, 5.74) is -2.27. The summed E-state index contributed by atoms with van der Waals surface area (Å²) in [6.07, 6.45) is -3.58. The summed E-state index contributed by atoms with van der Waals surface area (Å²) < 4.78 is 15.9. The Kier molecular flexibility index (Phi) is 6.51. The second kappa shape index (κ2) is 9.29. The number of aliphatic hydroxyl groups is 1. The van der Waals surface area contributed by atoms with Crippen LogP contribution in [0.5, 0.6) is 0 Å². The van der Waals surface area contributed by atoms with E-state index < -0.39 is 58.2 Å². The number of benzene rings is 1. The number of carbonyl (C=O) groups excluding carboxylic acids is 2. The molecule has 2 fully saturated rings. The third kappa shape index (κ3) is 3.98. The normalized spacial score (nSPS) is 29.4. The number of rotatable bonds is 7. The molecule has 0 radical (unpaired) electrons. The zero-order chi connectivity index (χ0) is 26.4. The maximum atomic E-state index is 14.0. The summed E-state index contributed by atoms with van der Waals surface area (Å²) in [7, 11) is 1.14. The topological polar surface area (TPSA) is 190 Å². The largest absolute Gasteiger partial charge is 0.466 e. The zero-order valence-corrected chi connectivity index (χ0v) is 19.5. The first-order chi connectivity index (χ1) is 17.0. The van der Waals surface area contributed by atoms with Crippen molar-refractivity contribution in [2.45, 2.75) is 43.7 Å². The lowest BCUT2D eigenvalue weighted by molar-refractivity contribution is -0.769.